The summed E-state index contributed by atoms with van der Waals surface area (Å²) in [4.78, 5) is 38.5. The van der Waals surface area contributed by atoms with Crippen molar-refractivity contribution in [2.75, 3.05) is 13.2 Å². The summed E-state index contributed by atoms with van der Waals surface area (Å²) in [5.41, 5.74) is 0. The van der Waals surface area contributed by atoms with Gasteiger partial charge in [0.2, 0.25) is 0 Å². The van der Waals surface area contributed by atoms with E-state index in [2.05, 4.69) is 130 Å². The minimum Gasteiger partial charge on any atom is -0.462 e. The molecule has 0 aromatic rings. The SMILES string of the molecule is CC/C=C\C/C=C\C/C=C\C/C=C\C/C=C\CCCCCCCCCCCCCC(=O)OCC(COC(=O)CCCCCCCCCCCCCCCC)OC(=O)CCCCCCCCCCCC/C=C\C/C=C\C/C=C\C/C=C\CC. The van der Waals surface area contributed by atoms with Gasteiger partial charge in [-0.05, 0) is 103 Å². The first-order chi connectivity index (χ1) is 40.5. The number of unbranched alkanes of at least 4 members (excludes halogenated alkanes) is 34. The van der Waals surface area contributed by atoms with Gasteiger partial charge < -0.3 is 14.2 Å². The highest BCUT2D eigenvalue weighted by atomic mass is 16.6. The Morgan fingerprint density at radius 1 is 0.256 bits per heavy atom. The Morgan fingerprint density at radius 3 is 0.744 bits per heavy atom. The van der Waals surface area contributed by atoms with Crippen LogP contribution in [0.3, 0.4) is 0 Å². The predicted molar refractivity (Wildman–Crippen MR) is 357 cm³/mol. The first-order valence-electron chi connectivity index (χ1n) is 34.9. The van der Waals surface area contributed by atoms with Gasteiger partial charge in [0.15, 0.2) is 6.10 Å². The van der Waals surface area contributed by atoms with Crippen LogP contribution in [0.4, 0.5) is 0 Å². The van der Waals surface area contributed by atoms with Crippen molar-refractivity contribution in [3.05, 3.63) is 109 Å². The molecule has 0 radical (unpaired) electrons. The van der Waals surface area contributed by atoms with Crippen LogP contribution < -0.4 is 0 Å². The van der Waals surface area contributed by atoms with Crippen LogP contribution in [-0.4, -0.2) is 37.2 Å². The third kappa shape index (κ3) is 66.9. The lowest BCUT2D eigenvalue weighted by Crippen LogP contribution is -2.30. The van der Waals surface area contributed by atoms with E-state index in [0.717, 1.165) is 116 Å². The molecule has 0 aromatic heterocycles. The number of allylic oxidation sites excluding steroid dienone is 18. The van der Waals surface area contributed by atoms with E-state index in [4.69, 9.17) is 14.2 Å². The van der Waals surface area contributed by atoms with Gasteiger partial charge >= 0.3 is 17.9 Å². The van der Waals surface area contributed by atoms with Crippen molar-refractivity contribution in [2.24, 2.45) is 0 Å². The van der Waals surface area contributed by atoms with Crippen molar-refractivity contribution >= 4 is 17.9 Å². The Hall–Kier alpha value is -3.93. The molecule has 1 unspecified atom stereocenters. The maximum absolute atomic E-state index is 13.0. The zero-order valence-corrected chi connectivity index (χ0v) is 54.0. The molecule has 0 rings (SSSR count). The molecule has 0 spiro atoms. The molecule has 0 saturated heterocycles. The van der Waals surface area contributed by atoms with Crippen molar-refractivity contribution in [2.45, 2.75) is 341 Å². The minimum absolute atomic E-state index is 0.0774. The van der Waals surface area contributed by atoms with E-state index in [0.29, 0.717) is 19.3 Å². The first-order valence-corrected chi connectivity index (χ1v) is 34.9. The monoisotopic (exact) mass is 1140 g/mol. The predicted octanol–water partition coefficient (Wildman–Crippen LogP) is 24.2. The van der Waals surface area contributed by atoms with E-state index in [1.807, 2.05) is 0 Å². The van der Waals surface area contributed by atoms with Crippen LogP contribution >= 0.6 is 0 Å². The minimum atomic E-state index is -0.783. The lowest BCUT2D eigenvalue weighted by Gasteiger charge is -2.18. The molecule has 0 N–H and O–H groups in total. The van der Waals surface area contributed by atoms with E-state index in [1.54, 1.807) is 0 Å². The van der Waals surface area contributed by atoms with Gasteiger partial charge in [0.1, 0.15) is 13.2 Å². The largest absolute Gasteiger partial charge is 0.462 e. The van der Waals surface area contributed by atoms with E-state index in [9.17, 15) is 14.4 Å². The van der Waals surface area contributed by atoms with Gasteiger partial charge in [0, 0.05) is 19.3 Å². The van der Waals surface area contributed by atoms with Crippen molar-refractivity contribution in [3.63, 3.8) is 0 Å². The molecule has 0 bridgehead atoms. The summed E-state index contributed by atoms with van der Waals surface area (Å²) in [7, 11) is 0. The molecule has 0 amide bonds. The summed E-state index contributed by atoms with van der Waals surface area (Å²) in [6, 6.07) is 0. The number of esters is 3. The van der Waals surface area contributed by atoms with Crippen LogP contribution in [-0.2, 0) is 28.6 Å². The molecule has 1 atom stereocenters. The van der Waals surface area contributed by atoms with Crippen molar-refractivity contribution in [3.8, 4) is 0 Å². The average Bonchev–Trinajstić information content (AvgIpc) is 3.48. The summed E-state index contributed by atoms with van der Waals surface area (Å²) in [5, 5.41) is 0. The molecule has 0 aromatic carbocycles. The van der Waals surface area contributed by atoms with Crippen molar-refractivity contribution in [1.82, 2.24) is 0 Å². The Labute approximate surface area is 508 Å². The molecule has 470 valence electrons. The number of hydrogen-bond acceptors (Lipinski definition) is 6. The summed E-state index contributed by atoms with van der Waals surface area (Å²) in [5.74, 6) is -0.870. The molecular formula is C76H130O6. The van der Waals surface area contributed by atoms with Gasteiger partial charge in [-0.1, -0.05) is 323 Å². The van der Waals surface area contributed by atoms with Gasteiger partial charge in [-0.2, -0.15) is 0 Å². The van der Waals surface area contributed by atoms with E-state index < -0.39 is 6.10 Å². The third-order valence-corrected chi connectivity index (χ3v) is 15.0. The second-order valence-electron chi connectivity index (χ2n) is 23.0. The number of ether oxygens (including phenoxy) is 3. The van der Waals surface area contributed by atoms with E-state index in [-0.39, 0.29) is 31.1 Å². The van der Waals surface area contributed by atoms with Crippen LogP contribution in [0.1, 0.15) is 335 Å². The standard InChI is InChI=1S/C76H130O6/c1-4-7-10-13-16-19-22-25-28-30-32-34-36-37-38-39-41-42-44-46-48-51-54-57-60-63-66-69-75(78)81-72-73(71-80-74(77)68-65-62-59-56-53-50-27-24-21-18-15-12-9-6-3)82-76(79)70-67-64-61-58-55-52-49-47-45-43-40-35-33-31-29-26-23-20-17-14-11-8-5-2/h7-8,10-11,16-17,19-20,25-26,28-29,32-35,37-38,73H,4-6,9,12-15,18,21-24,27,30-31,36,39-72H2,1-3H3/b10-7-,11-8-,19-16-,20-17-,28-25-,29-26-,34-32-,35-33-,38-37-. The fraction of sp³-hybridized carbons (Fsp3) is 0.724. The zero-order chi connectivity index (χ0) is 59.2. The highest BCUT2D eigenvalue weighted by Crippen LogP contribution is 2.17. The highest BCUT2D eigenvalue weighted by molar-refractivity contribution is 5.71. The Bertz CT molecular complexity index is 1640. The highest BCUT2D eigenvalue weighted by Gasteiger charge is 2.19. The van der Waals surface area contributed by atoms with Gasteiger partial charge in [-0.15, -0.1) is 0 Å². The summed E-state index contributed by atoms with van der Waals surface area (Å²) in [6.07, 6.45) is 95.3. The number of rotatable bonds is 63. The third-order valence-electron chi connectivity index (χ3n) is 15.0. The molecule has 6 nitrogen and oxygen atoms in total. The fourth-order valence-corrected chi connectivity index (χ4v) is 9.88. The summed E-state index contributed by atoms with van der Waals surface area (Å²) < 4.78 is 17.0. The van der Waals surface area contributed by atoms with Gasteiger partial charge in [-0.25, -0.2) is 0 Å². The van der Waals surface area contributed by atoms with Gasteiger partial charge in [0.25, 0.3) is 0 Å². The second-order valence-corrected chi connectivity index (χ2v) is 23.0. The molecule has 0 aliphatic carbocycles. The van der Waals surface area contributed by atoms with Gasteiger partial charge in [0.05, 0.1) is 0 Å². The number of carbonyl (C=O) groups is 3. The topological polar surface area (TPSA) is 78.9 Å². The summed E-state index contributed by atoms with van der Waals surface area (Å²) >= 11 is 0. The fourth-order valence-electron chi connectivity index (χ4n) is 9.88. The molecule has 0 aliphatic heterocycles. The number of carbonyl (C=O) groups excluding carboxylic acids is 3. The van der Waals surface area contributed by atoms with E-state index >= 15 is 0 Å². The number of hydrogen-bond donors (Lipinski definition) is 0. The smallest absolute Gasteiger partial charge is 0.306 e. The lowest BCUT2D eigenvalue weighted by molar-refractivity contribution is -0.167. The zero-order valence-electron chi connectivity index (χ0n) is 54.0. The van der Waals surface area contributed by atoms with Crippen LogP contribution in [0, 0.1) is 0 Å². The average molecular weight is 1140 g/mol. The van der Waals surface area contributed by atoms with Gasteiger partial charge in [-0.3, -0.25) is 14.4 Å². The van der Waals surface area contributed by atoms with Crippen molar-refractivity contribution in [1.29, 1.82) is 0 Å². The maximum Gasteiger partial charge on any atom is 0.306 e. The molecule has 0 heterocycles. The molecule has 0 aliphatic rings. The van der Waals surface area contributed by atoms with Crippen molar-refractivity contribution < 1.29 is 28.6 Å². The maximum atomic E-state index is 13.0. The first kappa shape index (κ1) is 78.1. The summed E-state index contributed by atoms with van der Waals surface area (Å²) in [6.45, 7) is 6.45. The normalized spacial score (nSPS) is 12.8. The van der Waals surface area contributed by atoms with Crippen LogP contribution in [0.15, 0.2) is 109 Å². The van der Waals surface area contributed by atoms with Crippen LogP contribution in [0.5, 0.6) is 0 Å². The second kappa shape index (κ2) is 69.6. The Balaban J connectivity index is 4.32. The molecule has 0 fully saturated rings. The molecule has 0 saturated carbocycles. The van der Waals surface area contributed by atoms with Crippen LogP contribution in [0.2, 0.25) is 0 Å². The Morgan fingerprint density at radius 2 is 0.476 bits per heavy atom. The van der Waals surface area contributed by atoms with E-state index in [1.165, 1.54) is 180 Å². The quantitative estimate of drug-likeness (QED) is 0.0261. The Kier molecular flexibility index (Phi) is 66.2. The molecule has 6 heteroatoms. The lowest BCUT2D eigenvalue weighted by atomic mass is 10.0. The molecular weight excluding hydrogens is 1010 g/mol. The van der Waals surface area contributed by atoms with Crippen LogP contribution in [0.25, 0.3) is 0 Å². The molecule has 82 heavy (non-hydrogen) atoms.